The molecule has 7 aromatic rings. The lowest BCUT2D eigenvalue weighted by Gasteiger charge is -2.40. The van der Waals surface area contributed by atoms with Crippen molar-refractivity contribution in [2.75, 3.05) is 85.3 Å². The lowest BCUT2D eigenvalue weighted by atomic mass is 9.98. The molecule has 13 atom stereocenters. The molecule has 0 unspecified atom stereocenters. The van der Waals surface area contributed by atoms with Crippen LogP contribution in [0.3, 0.4) is 0 Å². The molecule has 10 rings (SSSR count). The first-order chi connectivity index (χ1) is 65.9. The summed E-state index contributed by atoms with van der Waals surface area (Å²) in [6.07, 6.45) is -1.60. The van der Waals surface area contributed by atoms with Crippen LogP contribution in [0.15, 0.2) is 152 Å². The highest BCUT2D eigenvalue weighted by atomic mass is 32.2. The maximum atomic E-state index is 15.9. The average Bonchev–Trinajstić information content (AvgIpc) is 0.906. The second-order valence-electron chi connectivity index (χ2n) is 34.5. The molecular formula is C96H118F3N17O21S. The predicted octanol–water partition coefficient (Wildman–Crippen LogP) is 0.975. The molecule has 38 nitrogen and oxygen atoms in total. The van der Waals surface area contributed by atoms with Crippen molar-refractivity contribution in [3.8, 4) is 11.5 Å². The third-order valence-electron chi connectivity index (χ3n) is 24.1. The molecule has 0 saturated carbocycles. The van der Waals surface area contributed by atoms with Crippen LogP contribution in [0.25, 0.3) is 10.9 Å². The number of benzene rings is 6. The number of hydrogen-bond acceptors (Lipinski definition) is 22. The van der Waals surface area contributed by atoms with E-state index in [0.717, 1.165) is 24.5 Å². The number of rotatable bonds is 24. The van der Waals surface area contributed by atoms with E-state index in [1.165, 1.54) is 83.5 Å². The van der Waals surface area contributed by atoms with E-state index in [4.69, 9.17) is 20.9 Å². The minimum absolute atomic E-state index is 0.0158. The minimum Gasteiger partial charge on any atom is -0.508 e. The number of thioether (sulfide) groups is 1. The van der Waals surface area contributed by atoms with E-state index in [1.807, 2.05) is 0 Å². The molecule has 42 heteroatoms. The fourth-order valence-electron chi connectivity index (χ4n) is 16.5. The number of nitrogens with zero attached hydrogens (tertiary/aromatic N) is 5. The third-order valence-corrected chi connectivity index (χ3v) is 25.2. The number of fused-ring (bicyclic) bond motifs is 3. The number of amides is 15. The molecule has 4 heterocycles. The largest absolute Gasteiger partial charge is 0.508 e. The summed E-state index contributed by atoms with van der Waals surface area (Å²) in [5.41, 5.74) is 13.8. The number of aliphatic carboxylic acids is 1. The summed E-state index contributed by atoms with van der Waals surface area (Å²) in [6.45, 7) is 1.92. The van der Waals surface area contributed by atoms with Gasteiger partial charge in [-0.15, -0.1) is 11.8 Å². The summed E-state index contributed by atoms with van der Waals surface area (Å²) >= 11 is 0.649. The highest BCUT2D eigenvalue weighted by Crippen LogP contribution is 2.27. The highest BCUT2D eigenvalue weighted by Gasteiger charge is 2.46. The SMILES string of the molecule is CCCC[C@@H]1C(=O)N2CCOC[C@@H]2C(=O)N[C@@H](CC(=O)O)C(=O)N[C@@H](C(C)C)C(=O)N(C)[C@@H](Cc2ccccc2)C(=O)N[C@H](Cc2ccc(O)cc2)C(=O)N2CCOC[C@@H]2C(=O)N[C@@H](Cc2c[nH]c3ccccc23)C(=O)N[C@@H](Cc2ccc(O)cc2)C(=O)N[C@@H](CCCN)C(=O)N[C@H](C(=O)NCC(N)=O)CSCC(=O)N[C@H](Cc2cc(F)c(F)c(F)c2)C(=O)N(C)[C@@H](Cc2ccccc2)C(=O)N1C. The number of carbonyl (C=O) groups excluding carboxylic acids is 15. The Morgan fingerprint density at radius 1 is 0.500 bits per heavy atom. The van der Waals surface area contributed by atoms with E-state index >= 15 is 61.5 Å². The zero-order valence-electron chi connectivity index (χ0n) is 77.2. The summed E-state index contributed by atoms with van der Waals surface area (Å²) < 4.78 is 56.9. The monoisotopic (exact) mass is 1930 g/mol. The van der Waals surface area contributed by atoms with Gasteiger partial charge < -0.3 is 114 Å². The van der Waals surface area contributed by atoms with Gasteiger partial charge in [0, 0.05) is 95.6 Å². The fraction of sp³-hybridized carbons (Fsp3) is 0.438. The molecule has 1 aromatic heterocycles. The Kier molecular flexibility index (Phi) is 39.0. The van der Waals surface area contributed by atoms with Crippen molar-refractivity contribution in [3.05, 3.63) is 203 Å². The van der Waals surface area contributed by atoms with Gasteiger partial charge in [-0.1, -0.05) is 137 Å². The summed E-state index contributed by atoms with van der Waals surface area (Å²) in [5.74, 6) is -24.6. The van der Waals surface area contributed by atoms with Crippen LogP contribution in [0.5, 0.6) is 11.5 Å². The van der Waals surface area contributed by atoms with E-state index in [1.54, 1.807) is 98.0 Å². The number of para-hydroxylation sites is 1. The Morgan fingerprint density at radius 3 is 1.54 bits per heavy atom. The number of aromatic amines is 1. The number of aromatic nitrogens is 1. The number of nitrogens with one attached hydrogen (secondary N) is 10. The Balaban J connectivity index is 1.07. The van der Waals surface area contributed by atoms with Crippen molar-refractivity contribution in [2.45, 2.75) is 176 Å². The summed E-state index contributed by atoms with van der Waals surface area (Å²) in [7, 11) is 3.70. The summed E-state index contributed by atoms with van der Waals surface area (Å²) in [5, 5.41) is 55.4. The van der Waals surface area contributed by atoms with Crippen LogP contribution in [0.4, 0.5) is 13.2 Å². The maximum Gasteiger partial charge on any atom is 0.305 e. The van der Waals surface area contributed by atoms with Gasteiger partial charge in [-0.25, -0.2) is 13.2 Å². The molecule has 0 radical (unpaired) electrons. The van der Waals surface area contributed by atoms with Crippen LogP contribution >= 0.6 is 11.8 Å². The number of unbranched alkanes of at least 4 members (excludes halogenated alkanes) is 1. The molecule has 3 saturated heterocycles. The summed E-state index contributed by atoms with van der Waals surface area (Å²) in [6, 6.07) is 13.8. The molecule has 0 aliphatic carbocycles. The zero-order chi connectivity index (χ0) is 100. The van der Waals surface area contributed by atoms with Gasteiger partial charge in [0.1, 0.15) is 90.0 Å². The van der Waals surface area contributed by atoms with Crippen molar-refractivity contribution >= 4 is 117 Å². The Hall–Kier alpha value is -14.0. The third kappa shape index (κ3) is 29.3. The van der Waals surface area contributed by atoms with E-state index in [0.29, 0.717) is 69.0 Å². The Labute approximate surface area is 798 Å². The number of primary amides is 1. The van der Waals surface area contributed by atoms with Gasteiger partial charge in [0.2, 0.25) is 88.6 Å². The number of phenols is 2. The van der Waals surface area contributed by atoms with Gasteiger partial charge in [0.15, 0.2) is 17.5 Å². The van der Waals surface area contributed by atoms with Crippen LogP contribution in [-0.2, 0) is 125 Å². The predicted molar refractivity (Wildman–Crippen MR) is 498 cm³/mol. The van der Waals surface area contributed by atoms with Crippen LogP contribution in [-0.4, -0.2) is 303 Å². The number of carbonyl (C=O) groups is 16. The first-order valence-corrected chi connectivity index (χ1v) is 46.4. The maximum absolute atomic E-state index is 15.9. The zero-order valence-corrected chi connectivity index (χ0v) is 78.0. The van der Waals surface area contributed by atoms with Crippen molar-refractivity contribution in [3.63, 3.8) is 0 Å². The molecule has 15 amide bonds. The quantitative estimate of drug-likeness (QED) is 0.0375. The molecular weight excluding hydrogens is 1820 g/mol. The average molecular weight is 1940 g/mol. The summed E-state index contributed by atoms with van der Waals surface area (Å²) in [4.78, 5) is 248. The van der Waals surface area contributed by atoms with E-state index in [9.17, 15) is 43.7 Å². The topological polar surface area (TPSA) is 545 Å². The smallest absolute Gasteiger partial charge is 0.305 e. The van der Waals surface area contributed by atoms with Gasteiger partial charge in [-0.3, -0.25) is 76.7 Å². The van der Waals surface area contributed by atoms with E-state index in [-0.39, 0.29) is 108 Å². The molecule has 138 heavy (non-hydrogen) atoms. The number of nitrogens with two attached hydrogens (primary N) is 2. The normalized spacial score (nSPS) is 23.3. The number of hydrogen-bond donors (Lipinski definition) is 15. The minimum atomic E-state index is -2.02. The molecule has 3 aliphatic rings. The number of H-pyrrole nitrogens is 1. The van der Waals surface area contributed by atoms with Crippen LogP contribution in [0.1, 0.15) is 92.7 Å². The second-order valence-corrected chi connectivity index (χ2v) is 35.5. The van der Waals surface area contributed by atoms with Crippen molar-refractivity contribution < 1.29 is 115 Å². The lowest BCUT2D eigenvalue weighted by molar-refractivity contribution is -0.158. The number of halogens is 3. The van der Waals surface area contributed by atoms with Gasteiger partial charge >= 0.3 is 5.97 Å². The van der Waals surface area contributed by atoms with Crippen molar-refractivity contribution in [1.82, 2.24) is 77.3 Å². The molecule has 17 N–H and O–H groups in total. The molecule has 3 aliphatic heterocycles. The van der Waals surface area contributed by atoms with Crippen molar-refractivity contribution in [2.24, 2.45) is 17.4 Å². The number of ether oxygens (including phenoxy) is 2. The number of likely N-dealkylation sites (N-methyl/N-ethyl adjacent to an activating group) is 3. The Bertz CT molecular complexity index is 5470. The standard InChI is InChI=1S/C96H118F3N17O21S/c1-7-8-25-74-95(134)116-36-38-137-51-78(116)91(130)108-70(47-81(121)122)88(127)111-83(54(2)3)96(135)113(5)75(44-55-18-11-9-12-19-55)89(128)109-72(42-58-28-32-62(118)33-29-58)93(132)115-35-37-136-50-77(115)90(129)107-69(46-60-48-102-66-23-16-15-22-63(60)66)87(126)106-68(41-57-26-30-61(117)31-27-57)86(125)105-67(24-17-34-100)85(124)110-73(84(123)103-49-79(101)119)52-138-53-80(120)104-71(43-59-39-64(97)82(99)65(98)40-59)92(131)114(6)76(94(133)112(74)4)45-56-20-13-10-14-21-56/h9-16,18-23,26-33,39-40,48,54,67-78,83,102,117-118H,7-8,17,24-25,34-38,41-47,49-53,100H2,1-6H3,(H2,101,119)(H,103,123)(H,104,120)(H,105,125)(H,106,126)(H,107,129)(H,108,130)(H,109,128)(H,110,124)(H,111,127)(H,121,122)/t67-,68-,69-,70-,71+,72+,73-,74+,75-,76-,77+,78+,83-/m0/s1. The number of carboxylic acid groups (broad SMARTS) is 1. The lowest BCUT2D eigenvalue weighted by Crippen LogP contribution is -2.64. The first kappa shape index (κ1) is 106. The molecule has 0 bridgehead atoms. The second kappa shape index (κ2) is 50.7. The number of carboxylic acids is 1. The number of phenolic OH excluding ortho intramolecular Hbond substituents is 2. The van der Waals surface area contributed by atoms with Gasteiger partial charge in [0.25, 0.3) is 0 Å². The molecule has 740 valence electrons. The Morgan fingerprint density at radius 2 is 0.978 bits per heavy atom. The fourth-order valence-corrected chi connectivity index (χ4v) is 17.3. The number of morpholine rings is 2. The van der Waals surface area contributed by atoms with Gasteiger partial charge in [0.05, 0.1) is 45.1 Å². The van der Waals surface area contributed by atoms with Gasteiger partial charge in [-0.05, 0) is 108 Å². The molecule has 6 aromatic carbocycles. The number of aromatic hydroxyl groups is 2. The van der Waals surface area contributed by atoms with E-state index < -0.39 is 241 Å². The van der Waals surface area contributed by atoms with E-state index in [2.05, 4.69) is 52.8 Å². The molecule has 3 fully saturated rings. The van der Waals surface area contributed by atoms with Crippen LogP contribution in [0, 0.1) is 23.4 Å². The van der Waals surface area contributed by atoms with Crippen LogP contribution < -0.4 is 59.3 Å². The van der Waals surface area contributed by atoms with Gasteiger partial charge in [-0.2, -0.15) is 0 Å². The first-order valence-electron chi connectivity index (χ1n) is 45.3. The molecule has 0 spiro atoms. The van der Waals surface area contributed by atoms with Crippen molar-refractivity contribution in [1.29, 1.82) is 0 Å². The highest BCUT2D eigenvalue weighted by molar-refractivity contribution is 8.00. The van der Waals surface area contributed by atoms with Crippen LogP contribution in [0.2, 0.25) is 0 Å².